The van der Waals surface area contributed by atoms with Gasteiger partial charge in [-0.2, -0.15) is 16.9 Å². The molecule has 7 nitrogen and oxygen atoms in total. The summed E-state index contributed by atoms with van der Waals surface area (Å²) >= 11 is 1.73. The van der Waals surface area contributed by atoms with Crippen molar-refractivity contribution in [2.75, 3.05) is 38.7 Å². The van der Waals surface area contributed by atoms with Crippen molar-refractivity contribution in [1.82, 2.24) is 9.91 Å². The second-order valence-electron chi connectivity index (χ2n) is 9.21. The number of thioether (sulfide) groups is 1. The van der Waals surface area contributed by atoms with Crippen LogP contribution in [0.15, 0.2) is 46.0 Å². The van der Waals surface area contributed by atoms with E-state index in [0.717, 1.165) is 31.4 Å². The van der Waals surface area contributed by atoms with Crippen molar-refractivity contribution < 1.29 is 14.0 Å². The summed E-state index contributed by atoms with van der Waals surface area (Å²) in [5.41, 5.74) is 9.63. The Kier molecular flexibility index (Phi) is 10.6. The van der Waals surface area contributed by atoms with Crippen molar-refractivity contribution in [3.63, 3.8) is 0 Å². The number of hydrazone groups is 1. The maximum Gasteiger partial charge on any atom is 0.250 e. The molecule has 2 aromatic rings. The van der Waals surface area contributed by atoms with Crippen LogP contribution in [0.1, 0.15) is 54.6 Å². The maximum atomic E-state index is 15.5. The molecular formula is C29H36FN5O2S. The van der Waals surface area contributed by atoms with E-state index in [1.54, 1.807) is 53.2 Å². The summed E-state index contributed by atoms with van der Waals surface area (Å²) in [4.78, 5) is 31.1. The average Bonchev–Trinajstić information content (AvgIpc) is 3.08. The number of carbonyl (C=O) groups excluding carboxylic acids is 2. The highest BCUT2D eigenvalue weighted by Crippen LogP contribution is 2.34. The number of fused-ring (bicyclic) bond motifs is 1. The maximum absolute atomic E-state index is 15.5. The van der Waals surface area contributed by atoms with Crippen molar-refractivity contribution in [3.05, 3.63) is 58.4 Å². The largest absolute Gasteiger partial charge is 0.387 e. The molecule has 0 saturated heterocycles. The molecule has 38 heavy (non-hydrogen) atoms. The zero-order chi connectivity index (χ0) is 27.7. The zero-order valence-corrected chi connectivity index (χ0v) is 23.4. The van der Waals surface area contributed by atoms with Crippen molar-refractivity contribution in [2.24, 2.45) is 15.8 Å². The molecule has 0 fully saturated rings. The number of aldehydes is 1. The molecule has 0 saturated carbocycles. The monoisotopic (exact) mass is 537 g/mol. The molecule has 0 aromatic heterocycles. The van der Waals surface area contributed by atoms with E-state index in [2.05, 4.69) is 10.1 Å². The number of halogens is 1. The fourth-order valence-electron chi connectivity index (χ4n) is 4.23. The number of aliphatic imine (C=N–C) groups is 1. The van der Waals surface area contributed by atoms with Crippen LogP contribution in [0.4, 0.5) is 10.1 Å². The predicted molar refractivity (Wildman–Crippen MR) is 157 cm³/mol. The highest BCUT2D eigenvalue weighted by Gasteiger charge is 2.23. The highest BCUT2D eigenvalue weighted by atomic mass is 32.2. The Morgan fingerprint density at radius 1 is 1.13 bits per heavy atom. The fourth-order valence-corrected chi connectivity index (χ4v) is 4.68. The molecule has 0 atom stereocenters. The molecule has 9 heteroatoms. The molecule has 0 spiro atoms. The number of amidine groups is 1. The van der Waals surface area contributed by atoms with Crippen LogP contribution in [-0.4, -0.2) is 72.8 Å². The summed E-state index contributed by atoms with van der Waals surface area (Å²) in [6.07, 6.45) is 7.86. The lowest BCUT2D eigenvalue weighted by atomic mass is 9.97. The Morgan fingerprint density at radius 3 is 2.53 bits per heavy atom. The summed E-state index contributed by atoms with van der Waals surface area (Å²) in [7, 11) is 1.87. The minimum Gasteiger partial charge on any atom is -0.387 e. The quantitative estimate of drug-likeness (QED) is 0.224. The molecule has 1 heterocycles. The first-order valence-corrected chi connectivity index (χ1v) is 14.2. The van der Waals surface area contributed by atoms with Gasteiger partial charge in [0.1, 0.15) is 11.7 Å². The molecular weight excluding hydrogens is 501 g/mol. The molecule has 0 radical (unpaired) electrons. The Labute approximate surface area is 228 Å². The normalized spacial score (nSPS) is 13.0. The van der Waals surface area contributed by atoms with E-state index >= 15 is 4.39 Å². The minimum absolute atomic E-state index is 0.140. The number of hydrogen-bond acceptors (Lipinski definition) is 7. The van der Waals surface area contributed by atoms with Crippen LogP contribution in [-0.2, 0) is 4.79 Å². The van der Waals surface area contributed by atoms with Gasteiger partial charge in [-0.25, -0.2) is 9.38 Å². The summed E-state index contributed by atoms with van der Waals surface area (Å²) in [5.74, 6) is 0.554. The number of benzene rings is 2. The third-order valence-electron chi connectivity index (χ3n) is 6.17. The van der Waals surface area contributed by atoms with E-state index in [0.29, 0.717) is 46.6 Å². The topological polar surface area (TPSA) is 91.4 Å². The number of amides is 1. The summed E-state index contributed by atoms with van der Waals surface area (Å²) in [6.45, 7) is 6.07. The van der Waals surface area contributed by atoms with E-state index in [1.807, 2.05) is 32.2 Å². The van der Waals surface area contributed by atoms with Crippen LogP contribution in [0.25, 0.3) is 17.2 Å². The summed E-state index contributed by atoms with van der Waals surface area (Å²) < 4.78 is 15.5. The minimum atomic E-state index is -0.495. The third-order valence-corrected chi connectivity index (χ3v) is 6.76. The Balaban J connectivity index is 2.00. The number of nitrogens with zero attached hydrogens (tertiary/aromatic N) is 4. The third kappa shape index (κ3) is 7.31. The standard InChI is InChI=1S/C29H36FN5O2S/c1-5-9-35(10-6-2)29(37)23-14-25-26(30)15-22(16-27(25)33-28(31)17-23)20-7-8-21(19-36)24(13-20)18-32-34(3)11-12-38-4/h7-8,13-16,18-19H,5-6,9-12,17H2,1-4H3,(H2,31,33)/b32-18-. The van der Waals surface area contributed by atoms with Gasteiger partial charge in [-0.05, 0) is 54.5 Å². The van der Waals surface area contributed by atoms with Crippen LogP contribution in [0, 0.1) is 5.82 Å². The van der Waals surface area contributed by atoms with Crippen LogP contribution < -0.4 is 5.73 Å². The van der Waals surface area contributed by atoms with Gasteiger partial charge in [0, 0.05) is 61.1 Å². The fraction of sp³-hybridized carbons (Fsp3) is 0.379. The van der Waals surface area contributed by atoms with Gasteiger partial charge in [0.2, 0.25) is 5.91 Å². The van der Waals surface area contributed by atoms with Crippen LogP contribution in [0.3, 0.4) is 0 Å². The highest BCUT2D eigenvalue weighted by molar-refractivity contribution is 7.98. The van der Waals surface area contributed by atoms with Crippen LogP contribution in [0.2, 0.25) is 0 Å². The number of rotatable bonds is 12. The lowest BCUT2D eigenvalue weighted by Crippen LogP contribution is -2.34. The zero-order valence-electron chi connectivity index (χ0n) is 22.5. The molecule has 1 aliphatic heterocycles. The number of nitrogens with two attached hydrogens (primary N) is 1. The van der Waals surface area contributed by atoms with Gasteiger partial charge in [0.25, 0.3) is 0 Å². The van der Waals surface area contributed by atoms with Gasteiger partial charge in [-0.3, -0.25) is 14.6 Å². The second kappa shape index (κ2) is 13.9. The van der Waals surface area contributed by atoms with Gasteiger partial charge < -0.3 is 10.6 Å². The lowest BCUT2D eigenvalue weighted by Gasteiger charge is -2.22. The molecule has 2 aromatic carbocycles. The van der Waals surface area contributed by atoms with E-state index < -0.39 is 5.82 Å². The molecule has 0 aliphatic carbocycles. The first kappa shape index (κ1) is 29.1. The van der Waals surface area contributed by atoms with Gasteiger partial charge in [-0.1, -0.05) is 26.0 Å². The van der Waals surface area contributed by atoms with Gasteiger partial charge in [0.15, 0.2) is 6.29 Å². The summed E-state index contributed by atoms with van der Waals surface area (Å²) in [5, 5.41) is 6.24. The molecule has 202 valence electrons. The van der Waals surface area contributed by atoms with Crippen LogP contribution in [0.5, 0.6) is 0 Å². The van der Waals surface area contributed by atoms with Gasteiger partial charge in [0.05, 0.1) is 11.9 Å². The molecule has 2 N–H and O–H groups in total. The molecule has 1 amide bonds. The predicted octanol–water partition coefficient (Wildman–Crippen LogP) is 5.36. The van der Waals surface area contributed by atoms with Gasteiger partial charge in [-0.15, -0.1) is 0 Å². The van der Waals surface area contributed by atoms with Crippen LogP contribution >= 0.6 is 11.8 Å². The molecule has 3 rings (SSSR count). The van der Waals surface area contributed by atoms with Gasteiger partial charge >= 0.3 is 0 Å². The molecule has 1 aliphatic rings. The van der Waals surface area contributed by atoms with Crippen molar-refractivity contribution in [2.45, 2.75) is 33.1 Å². The Morgan fingerprint density at radius 2 is 1.87 bits per heavy atom. The lowest BCUT2D eigenvalue weighted by molar-refractivity contribution is -0.127. The van der Waals surface area contributed by atoms with E-state index in [1.165, 1.54) is 6.07 Å². The molecule has 0 bridgehead atoms. The smallest absolute Gasteiger partial charge is 0.250 e. The Bertz CT molecular complexity index is 1250. The van der Waals surface area contributed by atoms with E-state index in [9.17, 15) is 9.59 Å². The second-order valence-corrected chi connectivity index (χ2v) is 10.2. The van der Waals surface area contributed by atoms with Crippen molar-refractivity contribution in [1.29, 1.82) is 0 Å². The molecule has 0 unspecified atom stereocenters. The number of hydrogen-bond donors (Lipinski definition) is 1. The first-order valence-electron chi connectivity index (χ1n) is 12.8. The van der Waals surface area contributed by atoms with E-state index in [-0.39, 0.29) is 23.7 Å². The van der Waals surface area contributed by atoms with E-state index in [4.69, 9.17) is 5.73 Å². The first-order chi connectivity index (χ1) is 18.3. The van der Waals surface area contributed by atoms with Crippen molar-refractivity contribution >= 4 is 47.8 Å². The SMILES string of the molecule is CCCN(CCC)C(=O)C1=Cc2c(F)cc(-c3ccc(C=O)c(/C=N\N(C)CCSC)c3)cc2N=C(N)C1. The summed E-state index contributed by atoms with van der Waals surface area (Å²) in [6, 6.07) is 8.44. The van der Waals surface area contributed by atoms with Crippen molar-refractivity contribution in [3.8, 4) is 11.1 Å². The average molecular weight is 538 g/mol. The number of carbonyl (C=O) groups is 2. The Hall–Kier alpha value is -3.46.